The van der Waals surface area contributed by atoms with Crippen molar-refractivity contribution >= 4 is 17.6 Å². The first kappa shape index (κ1) is 15.1. The van der Waals surface area contributed by atoms with Gasteiger partial charge >= 0.3 is 6.18 Å². The van der Waals surface area contributed by atoms with Gasteiger partial charge in [-0.05, 0) is 25.5 Å². The zero-order valence-electron chi connectivity index (χ0n) is 9.92. The van der Waals surface area contributed by atoms with Crippen LogP contribution in [0.4, 0.5) is 19.0 Å². The fourth-order valence-electron chi connectivity index (χ4n) is 1.26. The van der Waals surface area contributed by atoms with Crippen molar-refractivity contribution < 1.29 is 18.3 Å². The number of alkyl halides is 3. The molecular formula is C11H15F3N2OS. The molecule has 0 aliphatic heterocycles. The van der Waals surface area contributed by atoms with Gasteiger partial charge in [-0.3, -0.25) is 0 Å². The van der Waals surface area contributed by atoms with Crippen LogP contribution in [0.25, 0.3) is 0 Å². The summed E-state index contributed by atoms with van der Waals surface area (Å²) in [5.74, 6) is 0.759. The number of aliphatic hydroxyl groups is 1. The number of nitrogens with one attached hydrogen (secondary N) is 1. The van der Waals surface area contributed by atoms with Crippen molar-refractivity contribution in [1.29, 1.82) is 0 Å². The number of rotatable bonds is 6. The first-order chi connectivity index (χ1) is 8.47. The number of halogens is 3. The summed E-state index contributed by atoms with van der Waals surface area (Å²) in [6.45, 7) is 2.32. The van der Waals surface area contributed by atoms with Crippen LogP contribution in [-0.2, 0) is 6.18 Å². The lowest BCUT2D eigenvalue weighted by Crippen LogP contribution is -2.08. The van der Waals surface area contributed by atoms with Crippen molar-refractivity contribution in [2.24, 2.45) is 0 Å². The summed E-state index contributed by atoms with van der Waals surface area (Å²) in [5.41, 5.74) is -0.708. The van der Waals surface area contributed by atoms with Gasteiger partial charge in [-0.15, -0.1) is 11.8 Å². The quantitative estimate of drug-likeness (QED) is 0.621. The largest absolute Gasteiger partial charge is 0.416 e. The summed E-state index contributed by atoms with van der Waals surface area (Å²) in [4.78, 5) is 4.08. The first-order valence-corrected chi connectivity index (χ1v) is 6.52. The van der Waals surface area contributed by atoms with E-state index in [9.17, 15) is 13.2 Å². The number of pyridine rings is 1. The van der Waals surface area contributed by atoms with E-state index in [0.29, 0.717) is 23.7 Å². The smallest absolute Gasteiger partial charge is 0.396 e. The van der Waals surface area contributed by atoms with Crippen LogP contribution in [0, 0.1) is 0 Å². The number of aromatic nitrogens is 1. The Kier molecular flexibility index (Phi) is 5.74. The molecule has 1 aromatic heterocycles. The summed E-state index contributed by atoms with van der Waals surface area (Å²) in [7, 11) is 0. The molecule has 0 radical (unpaired) electrons. The lowest BCUT2D eigenvalue weighted by atomic mass is 10.2. The molecule has 0 aliphatic carbocycles. The summed E-state index contributed by atoms with van der Waals surface area (Å²) in [5, 5.41) is 11.7. The van der Waals surface area contributed by atoms with Crippen LogP contribution in [0.3, 0.4) is 0 Å². The maximum absolute atomic E-state index is 12.7. The molecule has 1 heterocycles. The van der Waals surface area contributed by atoms with Crippen LogP contribution in [0.2, 0.25) is 0 Å². The minimum atomic E-state index is -4.38. The van der Waals surface area contributed by atoms with Crippen LogP contribution >= 0.6 is 11.8 Å². The molecule has 1 rings (SSSR count). The molecule has 0 bridgehead atoms. The van der Waals surface area contributed by atoms with Crippen LogP contribution in [-0.4, -0.2) is 29.0 Å². The first-order valence-electron chi connectivity index (χ1n) is 5.54. The summed E-state index contributed by atoms with van der Waals surface area (Å²) >= 11 is 1.20. The third-order valence-electron chi connectivity index (χ3n) is 2.04. The van der Waals surface area contributed by atoms with E-state index in [0.717, 1.165) is 12.1 Å². The average Bonchev–Trinajstić information content (AvgIpc) is 2.28. The highest BCUT2D eigenvalue weighted by Crippen LogP contribution is 2.33. The Morgan fingerprint density at radius 3 is 2.67 bits per heavy atom. The Morgan fingerprint density at radius 1 is 1.39 bits per heavy atom. The zero-order valence-corrected chi connectivity index (χ0v) is 10.7. The molecule has 0 saturated carbocycles. The van der Waals surface area contributed by atoms with Crippen molar-refractivity contribution in [3.05, 3.63) is 17.7 Å². The van der Waals surface area contributed by atoms with Gasteiger partial charge in [0.1, 0.15) is 5.82 Å². The predicted octanol–water partition coefficient (Wildman–Crippen LogP) is 3.01. The molecule has 0 amide bonds. The fourth-order valence-corrected chi connectivity index (χ4v) is 2.11. The Labute approximate surface area is 108 Å². The second kappa shape index (κ2) is 6.84. The van der Waals surface area contributed by atoms with Gasteiger partial charge in [-0.1, -0.05) is 0 Å². The normalized spacial score (nSPS) is 11.6. The molecule has 2 N–H and O–H groups in total. The number of aliphatic hydroxyl groups excluding tert-OH is 1. The van der Waals surface area contributed by atoms with Gasteiger partial charge in [0, 0.05) is 18.9 Å². The van der Waals surface area contributed by atoms with Crippen LogP contribution in [0.15, 0.2) is 17.2 Å². The highest BCUT2D eigenvalue weighted by molar-refractivity contribution is 7.99. The van der Waals surface area contributed by atoms with Crippen molar-refractivity contribution in [2.45, 2.75) is 24.5 Å². The van der Waals surface area contributed by atoms with E-state index >= 15 is 0 Å². The minimum absolute atomic E-state index is 0.0199. The second-order valence-electron chi connectivity index (χ2n) is 3.53. The molecule has 0 aromatic carbocycles. The molecule has 1 aromatic rings. The summed E-state index contributed by atoms with van der Waals surface area (Å²) in [6, 6.07) is 2.03. The van der Waals surface area contributed by atoms with E-state index in [1.54, 1.807) is 6.92 Å². The molecule has 0 fully saturated rings. The van der Waals surface area contributed by atoms with E-state index < -0.39 is 11.7 Å². The van der Waals surface area contributed by atoms with Crippen LogP contribution in [0.5, 0.6) is 0 Å². The third kappa shape index (κ3) is 4.73. The monoisotopic (exact) mass is 280 g/mol. The van der Waals surface area contributed by atoms with Crippen molar-refractivity contribution in [3.63, 3.8) is 0 Å². The molecule has 0 atom stereocenters. The topological polar surface area (TPSA) is 45.1 Å². The maximum Gasteiger partial charge on any atom is 0.416 e. The van der Waals surface area contributed by atoms with Gasteiger partial charge in [0.2, 0.25) is 0 Å². The number of nitrogens with zero attached hydrogens (tertiary/aromatic N) is 1. The summed E-state index contributed by atoms with van der Waals surface area (Å²) in [6.07, 6.45) is -3.85. The molecule has 7 heteroatoms. The Balaban J connectivity index is 2.91. The number of thioether (sulfide) groups is 1. The lowest BCUT2D eigenvalue weighted by molar-refractivity contribution is -0.137. The van der Waals surface area contributed by atoms with E-state index in [1.807, 2.05) is 0 Å². The molecule has 0 aliphatic rings. The van der Waals surface area contributed by atoms with E-state index in [-0.39, 0.29) is 12.4 Å². The van der Waals surface area contributed by atoms with Gasteiger partial charge in [-0.2, -0.15) is 13.2 Å². The standard InChI is InChI=1S/C11H15F3N2OS/c1-2-15-9-6-8(11(12,13)14)7-10(16-9)18-5-3-4-17/h6-7,17H,2-5H2,1H3,(H,15,16). The second-order valence-corrected chi connectivity index (χ2v) is 4.65. The molecule has 0 unspecified atom stereocenters. The lowest BCUT2D eigenvalue weighted by Gasteiger charge is -2.11. The number of hydrogen-bond acceptors (Lipinski definition) is 4. The molecule has 0 saturated heterocycles. The predicted molar refractivity (Wildman–Crippen MR) is 65.8 cm³/mol. The highest BCUT2D eigenvalue weighted by Gasteiger charge is 2.31. The van der Waals surface area contributed by atoms with Gasteiger partial charge < -0.3 is 10.4 Å². The van der Waals surface area contributed by atoms with Crippen LogP contribution < -0.4 is 5.32 Å². The maximum atomic E-state index is 12.7. The Morgan fingerprint density at radius 2 is 2.11 bits per heavy atom. The van der Waals surface area contributed by atoms with Crippen molar-refractivity contribution in [1.82, 2.24) is 4.98 Å². The molecule has 0 spiro atoms. The highest BCUT2D eigenvalue weighted by atomic mass is 32.2. The van der Waals surface area contributed by atoms with Gasteiger partial charge in [-0.25, -0.2) is 4.98 Å². The fraction of sp³-hybridized carbons (Fsp3) is 0.545. The number of hydrogen-bond donors (Lipinski definition) is 2. The minimum Gasteiger partial charge on any atom is -0.396 e. The van der Waals surface area contributed by atoms with E-state index in [4.69, 9.17) is 5.11 Å². The molecule has 3 nitrogen and oxygen atoms in total. The molecular weight excluding hydrogens is 265 g/mol. The average molecular weight is 280 g/mol. The van der Waals surface area contributed by atoms with Gasteiger partial charge in [0.15, 0.2) is 0 Å². The molecule has 18 heavy (non-hydrogen) atoms. The molecule has 102 valence electrons. The SMILES string of the molecule is CCNc1cc(C(F)(F)F)cc(SCCCO)n1. The van der Waals surface area contributed by atoms with Crippen molar-refractivity contribution in [3.8, 4) is 0 Å². The number of anilines is 1. The van der Waals surface area contributed by atoms with Crippen molar-refractivity contribution in [2.75, 3.05) is 24.2 Å². The van der Waals surface area contributed by atoms with Gasteiger partial charge in [0.05, 0.1) is 10.6 Å². The van der Waals surface area contributed by atoms with E-state index in [1.165, 1.54) is 11.8 Å². The third-order valence-corrected chi connectivity index (χ3v) is 3.04. The Hall–Kier alpha value is -0.950. The summed E-state index contributed by atoms with van der Waals surface area (Å²) < 4.78 is 38.0. The zero-order chi connectivity index (χ0) is 13.6. The van der Waals surface area contributed by atoms with E-state index in [2.05, 4.69) is 10.3 Å². The Bertz CT molecular complexity index is 385. The van der Waals surface area contributed by atoms with Crippen LogP contribution in [0.1, 0.15) is 18.9 Å². The van der Waals surface area contributed by atoms with Gasteiger partial charge in [0.25, 0.3) is 0 Å².